The maximum absolute atomic E-state index is 12.9. The predicted molar refractivity (Wildman–Crippen MR) is 117 cm³/mol. The smallest absolute Gasteiger partial charge is 0.254 e. The SMILES string of the molecule is CCN(CC(=O)Nc1ccc2c(c1)OCCO2)C(=O)c1ccc(OCc2noc(C)n2)cc1. The molecule has 33 heavy (non-hydrogen) atoms. The molecule has 1 aromatic heterocycles. The molecule has 0 bridgehead atoms. The molecule has 10 nitrogen and oxygen atoms in total. The van der Waals surface area contributed by atoms with Crippen molar-refractivity contribution in [1.29, 1.82) is 0 Å². The van der Waals surface area contributed by atoms with Crippen LogP contribution >= 0.6 is 0 Å². The summed E-state index contributed by atoms with van der Waals surface area (Å²) in [5.41, 5.74) is 1.03. The van der Waals surface area contributed by atoms with Gasteiger partial charge < -0.3 is 29.0 Å². The van der Waals surface area contributed by atoms with Crippen molar-refractivity contribution in [2.45, 2.75) is 20.5 Å². The van der Waals surface area contributed by atoms with Crippen LogP contribution < -0.4 is 19.5 Å². The number of aryl methyl sites for hydroxylation is 1. The van der Waals surface area contributed by atoms with Crippen molar-refractivity contribution in [2.24, 2.45) is 0 Å². The Morgan fingerprint density at radius 1 is 1.09 bits per heavy atom. The quantitative estimate of drug-likeness (QED) is 0.555. The van der Waals surface area contributed by atoms with Crippen molar-refractivity contribution in [2.75, 3.05) is 31.6 Å². The van der Waals surface area contributed by atoms with Crippen LogP contribution in [0.3, 0.4) is 0 Å². The zero-order valence-electron chi connectivity index (χ0n) is 18.4. The highest BCUT2D eigenvalue weighted by Gasteiger charge is 2.19. The number of aromatic nitrogens is 2. The fourth-order valence-electron chi connectivity index (χ4n) is 3.25. The molecule has 0 unspecified atom stereocenters. The number of nitrogens with one attached hydrogen (secondary N) is 1. The Bertz CT molecular complexity index is 1130. The lowest BCUT2D eigenvalue weighted by atomic mass is 10.2. The van der Waals surface area contributed by atoms with E-state index in [4.69, 9.17) is 18.7 Å². The summed E-state index contributed by atoms with van der Waals surface area (Å²) in [6.07, 6.45) is 0. The number of likely N-dealkylation sites (N-methyl/N-ethyl adjacent to an activating group) is 1. The van der Waals surface area contributed by atoms with Crippen molar-refractivity contribution >= 4 is 17.5 Å². The number of nitrogens with zero attached hydrogens (tertiary/aromatic N) is 3. The van der Waals surface area contributed by atoms with Crippen LogP contribution in [0.1, 0.15) is 29.0 Å². The lowest BCUT2D eigenvalue weighted by Gasteiger charge is -2.21. The van der Waals surface area contributed by atoms with E-state index in [9.17, 15) is 9.59 Å². The van der Waals surface area contributed by atoms with E-state index in [-0.39, 0.29) is 25.0 Å². The van der Waals surface area contributed by atoms with Crippen LogP contribution in [0.25, 0.3) is 0 Å². The largest absolute Gasteiger partial charge is 0.486 e. The standard InChI is InChI=1S/C23H24N4O6/c1-3-27(13-22(28)25-17-6-9-19-20(12-17)31-11-10-30-19)23(29)16-4-7-18(8-5-16)32-14-21-24-15(2)33-26-21/h4-9,12H,3,10-11,13-14H2,1-2H3,(H,25,28). The van der Waals surface area contributed by atoms with Gasteiger partial charge in [-0.05, 0) is 43.3 Å². The second-order valence-corrected chi connectivity index (χ2v) is 7.27. The summed E-state index contributed by atoms with van der Waals surface area (Å²) in [5, 5.41) is 6.57. The molecule has 2 amide bonds. The van der Waals surface area contributed by atoms with Gasteiger partial charge in [0.25, 0.3) is 5.91 Å². The summed E-state index contributed by atoms with van der Waals surface area (Å²) in [6.45, 7) is 4.93. The molecule has 0 aliphatic carbocycles. The van der Waals surface area contributed by atoms with Gasteiger partial charge in [0, 0.05) is 30.8 Å². The molecule has 10 heteroatoms. The molecule has 1 N–H and O–H groups in total. The summed E-state index contributed by atoms with van der Waals surface area (Å²) in [7, 11) is 0. The molecule has 0 fully saturated rings. The minimum absolute atomic E-state index is 0.0841. The number of carbonyl (C=O) groups excluding carboxylic acids is 2. The van der Waals surface area contributed by atoms with Gasteiger partial charge in [0.15, 0.2) is 18.1 Å². The first-order valence-electron chi connectivity index (χ1n) is 10.5. The van der Waals surface area contributed by atoms with E-state index >= 15 is 0 Å². The first kappa shape index (κ1) is 22.1. The van der Waals surface area contributed by atoms with Gasteiger partial charge in [0.1, 0.15) is 25.5 Å². The van der Waals surface area contributed by atoms with Crippen LogP contribution in [-0.4, -0.2) is 53.2 Å². The average molecular weight is 452 g/mol. The Balaban J connectivity index is 1.32. The first-order valence-corrected chi connectivity index (χ1v) is 10.5. The van der Waals surface area contributed by atoms with Crippen LogP contribution in [0.4, 0.5) is 5.69 Å². The number of hydrogen-bond donors (Lipinski definition) is 1. The van der Waals surface area contributed by atoms with Crippen LogP contribution in [0.2, 0.25) is 0 Å². The topological polar surface area (TPSA) is 116 Å². The van der Waals surface area contributed by atoms with Crippen molar-refractivity contribution in [1.82, 2.24) is 15.0 Å². The van der Waals surface area contributed by atoms with Gasteiger partial charge in [-0.3, -0.25) is 9.59 Å². The Hall–Kier alpha value is -4.08. The Morgan fingerprint density at radius 3 is 2.55 bits per heavy atom. The second kappa shape index (κ2) is 10.0. The number of hydrogen-bond acceptors (Lipinski definition) is 8. The third-order valence-corrected chi connectivity index (χ3v) is 4.87. The molecule has 172 valence electrons. The fourth-order valence-corrected chi connectivity index (χ4v) is 3.25. The van der Waals surface area contributed by atoms with Crippen LogP contribution in [-0.2, 0) is 11.4 Å². The van der Waals surface area contributed by atoms with Gasteiger partial charge >= 0.3 is 0 Å². The molecule has 1 aliphatic rings. The fraction of sp³-hybridized carbons (Fsp3) is 0.304. The van der Waals surface area contributed by atoms with Crippen LogP contribution in [0.5, 0.6) is 17.2 Å². The molecule has 1 aliphatic heterocycles. The van der Waals surface area contributed by atoms with E-state index in [1.807, 2.05) is 6.92 Å². The summed E-state index contributed by atoms with van der Waals surface area (Å²) in [5.74, 6) is 2.13. The number of rotatable bonds is 8. The minimum Gasteiger partial charge on any atom is -0.486 e. The molecule has 3 aromatic rings. The van der Waals surface area contributed by atoms with E-state index in [2.05, 4.69) is 15.5 Å². The van der Waals surface area contributed by atoms with E-state index in [1.54, 1.807) is 49.4 Å². The van der Waals surface area contributed by atoms with Crippen molar-refractivity contribution in [3.8, 4) is 17.2 Å². The summed E-state index contributed by atoms with van der Waals surface area (Å²) >= 11 is 0. The van der Waals surface area contributed by atoms with Gasteiger partial charge in [0.05, 0.1) is 0 Å². The van der Waals surface area contributed by atoms with Gasteiger partial charge in [0.2, 0.25) is 17.6 Å². The molecular weight excluding hydrogens is 428 g/mol. The summed E-state index contributed by atoms with van der Waals surface area (Å²) < 4.78 is 21.5. The highest BCUT2D eigenvalue weighted by molar-refractivity contribution is 5.99. The van der Waals surface area contributed by atoms with Crippen LogP contribution in [0.15, 0.2) is 47.0 Å². The van der Waals surface area contributed by atoms with E-state index in [0.717, 1.165) is 0 Å². The Morgan fingerprint density at radius 2 is 1.85 bits per heavy atom. The van der Waals surface area contributed by atoms with Crippen molar-refractivity contribution in [3.63, 3.8) is 0 Å². The molecule has 0 radical (unpaired) electrons. The molecule has 2 heterocycles. The lowest BCUT2D eigenvalue weighted by molar-refractivity contribution is -0.116. The monoisotopic (exact) mass is 452 g/mol. The molecule has 2 aromatic carbocycles. The molecular formula is C23H24N4O6. The number of fused-ring (bicyclic) bond motifs is 1. The van der Waals surface area contributed by atoms with Crippen molar-refractivity contribution < 1.29 is 28.3 Å². The summed E-state index contributed by atoms with van der Waals surface area (Å²) in [4.78, 5) is 31.0. The zero-order valence-corrected chi connectivity index (χ0v) is 18.4. The predicted octanol–water partition coefficient (Wildman–Crippen LogP) is 2.83. The highest BCUT2D eigenvalue weighted by Crippen LogP contribution is 2.32. The number of ether oxygens (including phenoxy) is 3. The van der Waals surface area contributed by atoms with Gasteiger partial charge in [-0.2, -0.15) is 4.98 Å². The van der Waals surface area contributed by atoms with Crippen LogP contribution in [0, 0.1) is 6.92 Å². The lowest BCUT2D eigenvalue weighted by Crippen LogP contribution is -2.37. The van der Waals surface area contributed by atoms with Crippen molar-refractivity contribution in [3.05, 3.63) is 59.7 Å². The highest BCUT2D eigenvalue weighted by atomic mass is 16.6. The Labute approximate surface area is 190 Å². The number of anilines is 1. The molecule has 4 rings (SSSR count). The average Bonchev–Trinajstić information content (AvgIpc) is 3.26. The van der Waals surface area contributed by atoms with Gasteiger partial charge in [-0.25, -0.2) is 0 Å². The van der Waals surface area contributed by atoms with E-state index in [1.165, 1.54) is 4.90 Å². The molecule has 0 spiro atoms. The van der Waals surface area contributed by atoms with Gasteiger partial charge in [-0.15, -0.1) is 0 Å². The molecule has 0 saturated heterocycles. The number of benzene rings is 2. The van der Waals surface area contributed by atoms with E-state index in [0.29, 0.717) is 60.0 Å². The third kappa shape index (κ3) is 5.59. The number of carbonyl (C=O) groups is 2. The molecule has 0 saturated carbocycles. The third-order valence-electron chi connectivity index (χ3n) is 4.87. The number of amides is 2. The first-order chi connectivity index (χ1) is 16.0. The molecule has 0 atom stereocenters. The maximum atomic E-state index is 12.9. The Kier molecular flexibility index (Phi) is 6.72. The summed E-state index contributed by atoms with van der Waals surface area (Å²) in [6, 6.07) is 11.9. The second-order valence-electron chi connectivity index (χ2n) is 7.27. The van der Waals surface area contributed by atoms with Gasteiger partial charge in [-0.1, -0.05) is 5.16 Å². The normalized spacial score (nSPS) is 12.2. The maximum Gasteiger partial charge on any atom is 0.254 e. The van der Waals surface area contributed by atoms with E-state index < -0.39 is 0 Å². The zero-order chi connectivity index (χ0) is 23.2. The minimum atomic E-state index is -0.308.